The van der Waals surface area contributed by atoms with Gasteiger partial charge < -0.3 is 10.1 Å². The third-order valence-corrected chi connectivity index (χ3v) is 4.03. The Balaban J connectivity index is 2.11. The Morgan fingerprint density at radius 2 is 2.16 bits per heavy atom. The van der Waals surface area contributed by atoms with Gasteiger partial charge in [0, 0.05) is 12.6 Å². The van der Waals surface area contributed by atoms with Crippen molar-refractivity contribution < 1.29 is 4.74 Å². The van der Waals surface area contributed by atoms with E-state index in [4.69, 9.17) is 4.74 Å². The van der Waals surface area contributed by atoms with E-state index in [1.165, 1.54) is 36.0 Å². The molecule has 1 saturated heterocycles. The summed E-state index contributed by atoms with van der Waals surface area (Å²) in [7, 11) is 0. The second kappa shape index (κ2) is 7.06. The Labute approximate surface area is 117 Å². The molecule has 0 aliphatic carbocycles. The number of hydrogen-bond donors (Lipinski definition) is 1. The average molecular weight is 261 g/mol. The van der Waals surface area contributed by atoms with Gasteiger partial charge in [-0.1, -0.05) is 30.7 Å². The molecule has 1 aromatic rings. The lowest BCUT2D eigenvalue weighted by Gasteiger charge is -2.28. The maximum absolute atomic E-state index is 5.91. The Kier molecular flexibility index (Phi) is 5.41. The van der Waals surface area contributed by atoms with Gasteiger partial charge in [-0.15, -0.1) is 0 Å². The molecule has 1 aliphatic heterocycles. The highest BCUT2D eigenvalue weighted by molar-refractivity contribution is 5.33. The normalized spacial score (nSPS) is 21.3. The van der Waals surface area contributed by atoms with Crippen LogP contribution in [0.15, 0.2) is 18.2 Å². The average Bonchev–Trinajstić information content (AvgIpc) is 2.42. The number of aryl methyl sites for hydroxylation is 2. The van der Waals surface area contributed by atoms with Gasteiger partial charge in [0.05, 0.1) is 6.10 Å². The van der Waals surface area contributed by atoms with Crippen molar-refractivity contribution in [1.29, 1.82) is 0 Å². The second-order valence-electron chi connectivity index (χ2n) is 5.69. The van der Waals surface area contributed by atoms with Gasteiger partial charge in [0.2, 0.25) is 0 Å². The minimum Gasteiger partial charge on any atom is -0.378 e. The van der Waals surface area contributed by atoms with Crippen LogP contribution in [0.25, 0.3) is 0 Å². The molecule has 0 amide bonds. The van der Waals surface area contributed by atoms with Gasteiger partial charge in [0.15, 0.2) is 0 Å². The lowest BCUT2D eigenvalue weighted by atomic mass is 9.92. The maximum atomic E-state index is 5.91. The summed E-state index contributed by atoms with van der Waals surface area (Å²) in [5.41, 5.74) is 4.16. The molecule has 2 heteroatoms. The predicted molar refractivity (Wildman–Crippen MR) is 80.5 cm³/mol. The zero-order valence-corrected chi connectivity index (χ0v) is 12.5. The van der Waals surface area contributed by atoms with Gasteiger partial charge in [0.1, 0.15) is 0 Å². The van der Waals surface area contributed by atoms with Crippen molar-refractivity contribution in [3.63, 3.8) is 0 Å². The number of rotatable bonds is 5. The summed E-state index contributed by atoms with van der Waals surface area (Å²) in [6.45, 7) is 8.50. The molecule has 2 nitrogen and oxygen atoms in total. The number of nitrogens with one attached hydrogen (secondary N) is 1. The Morgan fingerprint density at radius 1 is 1.32 bits per heavy atom. The van der Waals surface area contributed by atoms with Crippen molar-refractivity contribution >= 4 is 0 Å². The van der Waals surface area contributed by atoms with Gasteiger partial charge >= 0.3 is 0 Å². The molecule has 1 heterocycles. The smallest absolute Gasteiger partial charge is 0.0593 e. The van der Waals surface area contributed by atoms with Crippen LogP contribution in [0, 0.1) is 13.8 Å². The van der Waals surface area contributed by atoms with Crippen LogP contribution in [-0.4, -0.2) is 19.3 Å². The third kappa shape index (κ3) is 4.05. The monoisotopic (exact) mass is 261 g/mol. The van der Waals surface area contributed by atoms with Crippen LogP contribution in [0.3, 0.4) is 0 Å². The van der Waals surface area contributed by atoms with E-state index < -0.39 is 0 Å². The molecule has 1 fully saturated rings. The molecule has 0 spiro atoms. The van der Waals surface area contributed by atoms with Crippen LogP contribution in [0.5, 0.6) is 0 Å². The maximum Gasteiger partial charge on any atom is 0.0593 e. The van der Waals surface area contributed by atoms with Gasteiger partial charge in [0.25, 0.3) is 0 Å². The fourth-order valence-electron chi connectivity index (χ4n) is 2.96. The predicted octanol–water partition coefficient (Wildman–Crippen LogP) is 3.91. The first-order chi connectivity index (χ1) is 9.20. The molecule has 1 N–H and O–H groups in total. The first-order valence-electron chi connectivity index (χ1n) is 7.63. The summed E-state index contributed by atoms with van der Waals surface area (Å²) in [6.07, 6.45) is 5.28. The Bertz CT molecular complexity index is 396. The van der Waals surface area contributed by atoms with Crippen LogP contribution in [0.2, 0.25) is 0 Å². The molecule has 0 aromatic heterocycles. The number of hydrogen-bond acceptors (Lipinski definition) is 2. The Hall–Kier alpha value is -0.860. The molecule has 2 unspecified atom stereocenters. The van der Waals surface area contributed by atoms with Crippen molar-refractivity contribution in [3.8, 4) is 0 Å². The SMILES string of the molecule is CCNC(CC1CCCCO1)c1cc(C)ccc1C. The molecule has 0 bridgehead atoms. The summed E-state index contributed by atoms with van der Waals surface area (Å²) in [4.78, 5) is 0. The summed E-state index contributed by atoms with van der Waals surface area (Å²) >= 11 is 0. The van der Waals surface area contributed by atoms with Crippen molar-refractivity contribution in [2.75, 3.05) is 13.2 Å². The highest BCUT2D eigenvalue weighted by Gasteiger charge is 2.21. The highest BCUT2D eigenvalue weighted by Crippen LogP contribution is 2.27. The van der Waals surface area contributed by atoms with Crippen LogP contribution in [-0.2, 0) is 4.74 Å². The lowest BCUT2D eigenvalue weighted by Crippen LogP contribution is -2.29. The van der Waals surface area contributed by atoms with Gasteiger partial charge in [-0.05, 0) is 57.2 Å². The molecule has 1 aliphatic rings. The van der Waals surface area contributed by atoms with E-state index in [0.717, 1.165) is 19.6 Å². The second-order valence-corrected chi connectivity index (χ2v) is 5.69. The molecule has 2 atom stereocenters. The van der Waals surface area contributed by atoms with Gasteiger partial charge in [-0.25, -0.2) is 0 Å². The molecule has 106 valence electrons. The van der Waals surface area contributed by atoms with Gasteiger partial charge in [-0.2, -0.15) is 0 Å². The van der Waals surface area contributed by atoms with Gasteiger partial charge in [-0.3, -0.25) is 0 Å². The topological polar surface area (TPSA) is 21.3 Å². The van der Waals surface area contributed by atoms with Crippen molar-refractivity contribution in [2.45, 2.75) is 58.6 Å². The quantitative estimate of drug-likeness (QED) is 0.867. The summed E-state index contributed by atoms with van der Waals surface area (Å²) in [5, 5.41) is 3.63. The molecule has 0 radical (unpaired) electrons. The molecule has 1 aromatic carbocycles. The summed E-state index contributed by atoms with van der Waals surface area (Å²) < 4.78 is 5.91. The van der Waals surface area contributed by atoms with Crippen molar-refractivity contribution in [3.05, 3.63) is 34.9 Å². The first-order valence-corrected chi connectivity index (χ1v) is 7.63. The van der Waals surface area contributed by atoms with Crippen molar-refractivity contribution in [2.24, 2.45) is 0 Å². The summed E-state index contributed by atoms with van der Waals surface area (Å²) in [5.74, 6) is 0. The first kappa shape index (κ1) is 14.5. The highest BCUT2D eigenvalue weighted by atomic mass is 16.5. The third-order valence-electron chi connectivity index (χ3n) is 4.03. The van der Waals surface area contributed by atoms with E-state index in [9.17, 15) is 0 Å². The Morgan fingerprint density at radius 3 is 2.84 bits per heavy atom. The van der Waals surface area contributed by atoms with Crippen LogP contribution < -0.4 is 5.32 Å². The molecule has 0 saturated carbocycles. The van der Waals surface area contributed by atoms with E-state index in [2.05, 4.69) is 44.3 Å². The van der Waals surface area contributed by atoms with Crippen molar-refractivity contribution in [1.82, 2.24) is 5.32 Å². The fraction of sp³-hybridized carbons (Fsp3) is 0.647. The van der Waals surface area contributed by atoms with Crippen LogP contribution in [0.4, 0.5) is 0 Å². The lowest BCUT2D eigenvalue weighted by molar-refractivity contribution is 0.00510. The fourth-order valence-corrected chi connectivity index (χ4v) is 2.96. The molecule has 19 heavy (non-hydrogen) atoms. The van der Waals surface area contributed by atoms with E-state index in [0.29, 0.717) is 12.1 Å². The minimum absolute atomic E-state index is 0.424. The largest absolute Gasteiger partial charge is 0.378 e. The zero-order valence-electron chi connectivity index (χ0n) is 12.5. The standard InChI is InChI=1S/C17H27NO/c1-4-18-17(12-15-7-5-6-10-19-15)16-11-13(2)8-9-14(16)3/h8-9,11,15,17-18H,4-7,10,12H2,1-3H3. The van der Waals surface area contributed by atoms with E-state index >= 15 is 0 Å². The minimum atomic E-state index is 0.424. The summed E-state index contributed by atoms with van der Waals surface area (Å²) in [6, 6.07) is 7.18. The zero-order chi connectivity index (χ0) is 13.7. The van der Waals surface area contributed by atoms with E-state index in [1.807, 2.05) is 0 Å². The van der Waals surface area contributed by atoms with E-state index in [1.54, 1.807) is 0 Å². The van der Waals surface area contributed by atoms with Crippen LogP contribution >= 0.6 is 0 Å². The molecule has 2 rings (SSSR count). The number of benzene rings is 1. The van der Waals surface area contributed by atoms with Crippen LogP contribution in [0.1, 0.15) is 55.3 Å². The molecular weight excluding hydrogens is 234 g/mol. The van der Waals surface area contributed by atoms with E-state index in [-0.39, 0.29) is 0 Å². The molecular formula is C17H27NO. The number of ether oxygens (including phenoxy) is 1.